The number of imidazole rings is 1. The second-order valence-electron chi connectivity index (χ2n) is 17.2. The molecular weight excluding hydrogens is 763 g/mol. The Labute approximate surface area is 347 Å². The maximum absolute atomic E-state index is 16.9. The van der Waals surface area contributed by atoms with Gasteiger partial charge in [-0.05, 0) is 66.3 Å². The van der Waals surface area contributed by atoms with Crippen molar-refractivity contribution in [3.63, 3.8) is 0 Å². The molecule has 3 aliphatic heterocycles. The number of methoxy groups -OCH3 is 1. The van der Waals surface area contributed by atoms with Crippen LogP contribution < -0.4 is 5.32 Å². The van der Waals surface area contributed by atoms with Gasteiger partial charge in [0, 0.05) is 62.0 Å². The second-order valence-corrected chi connectivity index (χ2v) is 17.2. The van der Waals surface area contributed by atoms with E-state index in [0.29, 0.717) is 32.4 Å². The van der Waals surface area contributed by atoms with Crippen molar-refractivity contribution in [2.24, 2.45) is 17.8 Å². The van der Waals surface area contributed by atoms with Gasteiger partial charge in [-0.25, -0.2) is 19.0 Å². The number of likely N-dealkylation sites (N-methyl/N-ethyl adjacent to an activating group) is 1. The highest BCUT2D eigenvalue weighted by molar-refractivity contribution is 6.08. The number of carbonyl (C=O) groups is 4. The predicted octanol–water partition coefficient (Wildman–Crippen LogP) is 5.67. The summed E-state index contributed by atoms with van der Waals surface area (Å²) in [6, 6.07) is 8.51. The number of unbranched alkanes of at least 4 members (excludes halogenated alkanes) is 1. The number of halogens is 1. The molecule has 13 atom stereocenters. The van der Waals surface area contributed by atoms with E-state index in [0.717, 1.165) is 18.3 Å². The summed E-state index contributed by atoms with van der Waals surface area (Å²) in [6.45, 7) is 15.9. The lowest BCUT2D eigenvalue weighted by molar-refractivity contribution is -0.290. The Bertz CT molecular complexity index is 1780. The van der Waals surface area contributed by atoms with Crippen LogP contribution in [0.3, 0.4) is 0 Å². The zero-order valence-electron chi connectivity index (χ0n) is 36.3. The molecule has 14 nitrogen and oxygen atoms in total. The van der Waals surface area contributed by atoms with E-state index in [2.05, 4.69) is 10.3 Å². The normalized spacial score (nSPS) is 37.5. The minimum atomic E-state index is -3.17. The number of fused-ring (bicyclic) bond motifs is 1. The predicted molar refractivity (Wildman–Crippen MR) is 217 cm³/mol. The number of carbonyl (C=O) groups excluding carboxylic acids is 4. The first-order chi connectivity index (χ1) is 27.8. The van der Waals surface area contributed by atoms with Crippen molar-refractivity contribution in [3.8, 4) is 11.4 Å². The number of hydrogen-bond donors (Lipinski definition) is 2. The van der Waals surface area contributed by atoms with Gasteiger partial charge in [-0.15, -0.1) is 0 Å². The number of nitrogens with one attached hydrogen (secondary N) is 1. The number of ketones is 2. The van der Waals surface area contributed by atoms with Crippen LogP contribution in [-0.4, -0.2) is 123 Å². The molecule has 3 aliphatic rings. The van der Waals surface area contributed by atoms with E-state index in [1.165, 1.54) is 18.9 Å². The van der Waals surface area contributed by atoms with E-state index in [1.807, 2.05) is 54.9 Å². The van der Waals surface area contributed by atoms with Gasteiger partial charge in [0.2, 0.25) is 0 Å². The molecule has 2 N–H and O–H groups in total. The van der Waals surface area contributed by atoms with Crippen LogP contribution in [0.25, 0.3) is 11.4 Å². The minimum absolute atomic E-state index is 0.00150. The van der Waals surface area contributed by atoms with Gasteiger partial charge in [0.25, 0.3) is 5.67 Å². The Balaban J connectivity index is 1.47. The highest BCUT2D eigenvalue weighted by Crippen LogP contribution is 2.43. The number of Topliss-reactive ketones (excluding diaryl/α,β-unsaturated/α-hetero) is 2. The number of cyclic esters (lactones) is 1. The summed E-state index contributed by atoms with van der Waals surface area (Å²) in [5.74, 6) is -4.94. The van der Waals surface area contributed by atoms with Crippen LogP contribution in [-0.2, 0) is 44.6 Å². The van der Waals surface area contributed by atoms with Gasteiger partial charge in [-0.1, -0.05) is 65.0 Å². The lowest BCUT2D eigenvalue weighted by Gasteiger charge is -2.46. The van der Waals surface area contributed by atoms with Crippen LogP contribution in [0.4, 0.5) is 9.18 Å². The first-order valence-corrected chi connectivity index (χ1v) is 21.2. The summed E-state index contributed by atoms with van der Waals surface area (Å²) in [5.41, 5.74) is -5.23. The Morgan fingerprint density at radius 1 is 1.00 bits per heavy atom. The average Bonchev–Trinajstić information content (AvgIpc) is 3.78. The summed E-state index contributed by atoms with van der Waals surface area (Å²) < 4.78 is 49.5. The van der Waals surface area contributed by atoms with Gasteiger partial charge in [0.05, 0.1) is 23.9 Å². The molecule has 0 saturated carbocycles. The Hall–Kier alpha value is -3.76. The van der Waals surface area contributed by atoms with E-state index in [-0.39, 0.29) is 31.3 Å². The number of hydrogen-bond acceptors (Lipinski definition) is 12. The Morgan fingerprint density at radius 3 is 2.32 bits per heavy atom. The maximum atomic E-state index is 16.9. The number of rotatable bonds is 12. The molecule has 3 saturated heterocycles. The van der Waals surface area contributed by atoms with Gasteiger partial charge in [-0.3, -0.25) is 9.59 Å². The highest BCUT2D eigenvalue weighted by Gasteiger charge is 2.61. The van der Waals surface area contributed by atoms with Gasteiger partial charge in [0.1, 0.15) is 23.8 Å². The van der Waals surface area contributed by atoms with Gasteiger partial charge >= 0.3 is 12.1 Å². The third kappa shape index (κ3) is 9.44. The maximum Gasteiger partial charge on any atom is 0.410 e. The van der Waals surface area contributed by atoms with Gasteiger partial charge < -0.3 is 43.6 Å². The molecule has 1 aromatic heterocycles. The number of benzene rings is 1. The molecule has 1 amide bonds. The first kappa shape index (κ1) is 46.3. The van der Waals surface area contributed by atoms with Crippen LogP contribution in [0.2, 0.25) is 0 Å². The third-order valence-corrected chi connectivity index (χ3v) is 12.8. The largest absolute Gasteiger partial charge is 0.455 e. The highest BCUT2D eigenvalue weighted by atomic mass is 19.1. The molecule has 3 fully saturated rings. The molecule has 328 valence electrons. The van der Waals surface area contributed by atoms with E-state index in [4.69, 9.17) is 23.7 Å². The molecule has 0 radical (unpaired) electrons. The van der Waals surface area contributed by atoms with E-state index >= 15 is 4.39 Å². The lowest BCUT2D eigenvalue weighted by Crippen LogP contribution is -2.62. The SMILES string of the molecule is CCN[C@H]1C[C@@H](C)O[C@@H](O[C@@H]2[C@H](C)C(=O)[C@](C)(F)C(=O)O[C@H](CC)[C@@]3(C)OC(=O)N(CCCCn4ccnc4-c4ccccc4)C3[C@@H](C)C(=O)[C@H](C)C[C@@]2(C)OC)[C@H]1O. The number of alkyl halides is 1. The smallest absolute Gasteiger partial charge is 0.410 e. The fourth-order valence-corrected chi connectivity index (χ4v) is 9.59. The molecule has 0 aliphatic carbocycles. The molecule has 5 rings (SSSR count). The second kappa shape index (κ2) is 18.9. The fraction of sp³-hybridized carbons (Fsp3) is 0.705. The topological polar surface area (TPSA) is 168 Å². The number of nitrogens with zero attached hydrogens (tertiary/aromatic N) is 3. The number of aliphatic hydroxyl groups excluding tert-OH is 1. The number of esters is 1. The molecule has 2 aromatic rings. The van der Waals surface area contributed by atoms with Crippen molar-refractivity contribution in [1.29, 1.82) is 0 Å². The summed E-state index contributed by atoms with van der Waals surface area (Å²) >= 11 is 0. The lowest BCUT2D eigenvalue weighted by atomic mass is 9.73. The monoisotopic (exact) mass is 828 g/mol. The number of ether oxygens (including phenoxy) is 5. The molecule has 15 heteroatoms. The number of aromatic nitrogens is 2. The van der Waals surface area contributed by atoms with Crippen molar-refractivity contribution in [2.45, 2.75) is 161 Å². The number of amides is 1. The molecule has 1 aromatic carbocycles. The summed E-state index contributed by atoms with van der Waals surface area (Å²) in [5, 5.41) is 14.6. The zero-order valence-corrected chi connectivity index (χ0v) is 36.3. The van der Waals surface area contributed by atoms with Crippen LogP contribution in [0.5, 0.6) is 0 Å². The Kier molecular flexibility index (Phi) is 14.8. The molecule has 0 bridgehead atoms. The molecule has 1 unspecified atom stereocenters. The third-order valence-electron chi connectivity index (χ3n) is 12.8. The summed E-state index contributed by atoms with van der Waals surface area (Å²) in [6.07, 6.45) is -0.521. The van der Waals surface area contributed by atoms with Crippen LogP contribution >= 0.6 is 0 Å². The molecule has 4 heterocycles. The minimum Gasteiger partial charge on any atom is -0.455 e. The van der Waals surface area contributed by atoms with Crippen molar-refractivity contribution in [2.75, 3.05) is 20.2 Å². The summed E-state index contributed by atoms with van der Waals surface area (Å²) in [4.78, 5) is 62.8. The zero-order chi connectivity index (χ0) is 43.4. The fourth-order valence-electron chi connectivity index (χ4n) is 9.59. The van der Waals surface area contributed by atoms with Crippen LogP contribution in [0.1, 0.15) is 94.4 Å². The van der Waals surface area contributed by atoms with Gasteiger partial charge in [-0.2, -0.15) is 0 Å². The van der Waals surface area contributed by atoms with Gasteiger partial charge in [0.15, 0.2) is 17.7 Å². The van der Waals surface area contributed by atoms with E-state index in [1.54, 1.807) is 40.8 Å². The molecular formula is C44H65FN4O10. The van der Waals surface area contributed by atoms with Crippen molar-refractivity contribution in [3.05, 3.63) is 42.7 Å². The van der Waals surface area contributed by atoms with E-state index < -0.39 is 89.2 Å². The van der Waals surface area contributed by atoms with Crippen LogP contribution in [0, 0.1) is 17.8 Å². The Morgan fingerprint density at radius 2 is 1.68 bits per heavy atom. The van der Waals surface area contributed by atoms with E-state index in [9.17, 15) is 24.3 Å². The van der Waals surface area contributed by atoms with Crippen molar-refractivity contribution >= 4 is 23.6 Å². The molecule has 0 spiro atoms. The number of aryl methyl sites for hydroxylation is 1. The molecule has 59 heavy (non-hydrogen) atoms. The quantitative estimate of drug-likeness (QED) is 0.153. The number of aliphatic hydroxyl groups is 1. The first-order valence-electron chi connectivity index (χ1n) is 21.2. The standard InChI is InChI=1S/C44H65FN4O10/c1-11-32-44(9)35(49(41(54)59-44)22-17-16-21-48-23-20-47-38(48)30-18-14-13-15-19-30)28(5)33(50)26(3)25-42(7,55-10)37(29(6)36(52)43(8,45)40(53)57-32)58-39-34(51)31(46-12-2)24-27(4)56-39/h13-15,18-20,23,26-29,31-32,34-35,37,39,46,51H,11-12,16-17,21-22,24-25H2,1-10H3/t26-,27-,28+,29-,31+,32-,34+,35?,37-,39+,42-,43+,44-/m1/s1. The van der Waals surface area contributed by atoms with Crippen molar-refractivity contribution in [1.82, 2.24) is 19.8 Å². The van der Waals surface area contributed by atoms with Crippen LogP contribution in [0.15, 0.2) is 42.7 Å². The summed E-state index contributed by atoms with van der Waals surface area (Å²) in [7, 11) is 1.41. The van der Waals surface area contributed by atoms with Crippen molar-refractivity contribution < 1.29 is 52.4 Å². The average molecular weight is 829 g/mol.